The highest BCUT2D eigenvalue weighted by Gasteiger charge is 2.38. The van der Waals surface area contributed by atoms with E-state index >= 15 is 0 Å². The number of halogens is 1. The molecule has 0 aliphatic heterocycles. The summed E-state index contributed by atoms with van der Waals surface area (Å²) in [5, 5.41) is 0. The fourth-order valence-electron chi connectivity index (χ4n) is 5.09. The highest BCUT2D eigenvalue weighted by molar-refractivity contribution is 6.60. The fourth-order valence-corrected chi connectivity index (χ4v) is 6.80. The van der Waals surface area contributed by atoms with E-state index in [1.54, 1.807) is 21.3 Å². The molecule has 0 unspecified atom stereocenters. The Balaban J connectivity index is 0. The third-order valence-electron chi connectivity index (χ3n) is 6.93. The molecule has 0 N–H and O–H groups in total. The molecular weight excluding hydrogens is 438 g/mol. The van der Waals surface area contributed by atoms with Gasteiger partial charge >= 0.3 is 8.80 Å². The van der Waals surface area contributed by atoms with Crippen LogP contribution >= 0.6 is 0 Å². The molecule has 0 radical (unpaired) electrons. The first kappa shape index (κ1) is 34.5. The predicted molar refractivity (Wildman–Crippen MR) is 138 cm³/mol. The first-order valence-electron chi connectivity index (χ1n) is 13.6. The fraction of sp³-hybridized carbons (Fsp3) is 1.00. The summed E-state index contributed by atoms with van der Waals surface area (Å²) in [6.07, 6.45) is 20.7. The first-order valence-corrected chi connectivity index (χ1v) is 15.5. The number of quaternary nitrogens is 1. The summed E-state index contributed by atoms with van der Waals surface area (Å²) < 4.78 is 18.2. The van der Waals surface area contributed by atoms with Crippen LogP contribution in [0.3, 0.4) is 0 Å². The van der Waals surface area contributed by atoms with Crippen molar-refractivity contribution in [3.05, 3.63) is 0 Å². The number of nitrogens with zero attached hydrogens (tertiary/aromatic N) is 1. The molecule has 0 aromatic heterocycles. The lowest BCUT2D eigenvalue weighted by Gasteiger charge is -2.39. The van der Waals surface area contributed by atoms with Crippen LogP contribution in [0.25, 0.3) is 0 Å². The zero-order valence-electron chi connectivity index (χ0n) is 22.7. The molecule has 0 amide bonds. The van der Waals surface area contributed by atoms with Crippen molar-refractivity contribution in [2.45, 2.75) is 123 Å². The summed E-state index contributed by atoms with van der Waals surface area (Å²) in [5.74, 6) is 0. The van der Waals surface area contributed by atoms with Crippen molar-refractivity contribution in [3.8, 4) is 0 Å². The molecule has 32 heavy (non-hydrogen) atoms. The monoisotopic (exact) mass is 495 g/mol. The van der Waals surface area contributed by atoms with E-state index in [0.717, 1.165) is 12.5 Å². The van der Waals surface area contributed by atoms with Crippen molar-refractivity contribution in [1.29, 1.82) is 0 Å². The lowest BCUT2D eigenvalue weighted by atomic mass is 10.0. The highest BCUT2D eigenvalue weighted by atomic mass is 35.5. The molecule has 0 aromatic rings. The van der Waals surface area contributed by atoms with Crippen molar-refractivity contribution < 1.29 is 30.2 Å². The average molecular weight is 496 g/mol. The largest absolute Gasteiger partial charge is 1.00 e. The number of unbranched alkanes of at least 4 members (excludes halogenated alkanes) is 11. The van der Waals surface area contributed by atoms with Crippen LogP contribution in [0.1, 0.15) is 117 Å². The van der Waals surface area contributed by atoms with Crippen molar-refractivity contribution >= 4 is 8.80 Å². The standard InChI is InChI=1S/C26H58NO3Si.ClH/c1-7-10-11-12-13-14-15-16-17-18-19-20-24-27(22-8-2,23-9-3)25-21-26-31(28-4,29-5)30-6;/h7-26H2,1-6H3;1H/q+1;/p-1. The number of rotatable bonds is 24. The van der Waals surface area contributed by atoms with Crippen molar-refractivity contribution in [2.75, 3.05) is 47.5 Å². The maximum absolute atomic E-state index is 5.64. The summed E-state index contributed by atoms with van der Waals surface area (Å²) >= 11 is 0. The molecule has 0 fully saturated rings. The smallest absolute Gasteiger partial charge is 0.500 e. The van der Waals surface area contributed by atoms with E-state index in [0.29, 0.717) is 0 Å². The number of hydrogen-bond acceptors (Lipinski definition) is 3. The Kier molecular flexibility index (Phi) is 24.9. The van der Waals surface area contributed by atoms with Gasteiger partial charge in [0.2, 0.25) is 0 Å². The van der Waals surface area contributed by atoms with Crippen LogP contribution < -0.4 is 12.4 Å². The van der Waals surface area contributed by atoms with Gasteiger partial charge in [0, 0.05) is 33.8 Å². The van der Waals surface area contributed by atoms with E-state index in [4.69, 9.17) is 13.3 Å². The van der Waals surface area contributed by atoms with E-state index in [2.05, 4.69) is 20.8 Å². The van der Waals surface area contributed by atoms with E-state index in [1.807, 2.05) is 0 Å². The maximum Gasteiger partial charge on any atom is 0.500 e. The molecular formula is C26H58ClNO3Si. The lowest BCUT2D eigenvalue weighted by Crippen LogP contribution is -3.00. The second kappa shape index (κ2) is 23.1. The van der Waals surface area contributed by atoms with Gasteiger partial charge < -0.3 is 30.2 Å². The topological polar surface area (TPSA) is 27.7 Å². The van der Waals surface area contributed by atoms with Gasteiger partial charge in [0.05, 0.1) is 26.2 Å². The van der Waals surface area contributed by atoms with Crippen LogP contribution in [-0.4, -0.2) is 60.8 Å². The Bertz CT molecular complexity index is 370. The van der Waals surface area contributed by atoms with E-state index in [-0.39, 0.29) is 12.4 Å². The molecule has 0 aliphatic carbocycles. The zero-order valence-corrected chi connectivity index (χ0v) is 24.4. The van der Waals surface area contributed by atoms with Crippen molar-refractivity contribution in [2.24, 2.45) is 0 Å². The van der Waals surface area contributed by atoms with Crippen LogP contribution in [0.2, 0.25) is 6.04 Å². The molecule has 0 bridgehead atoms. The van der Waals surface area contributed by atoms with Gasteiger partial charge in [0.1, 0.15) is 0 Å². The molecule has 0 aliphatic rings. The predicted octanol–water partition coefficient (Wildman–Crippen LogP) is 4.60. The highest BCUT2D eigenvalue weighted by Crippen LogP contribution is 2.21. The number of hydrogen-bond donors (Lipinski definition) is 0. The maximum atomic E-state index is 5.64. The third-order valence-corrected chi connectivity index (χ3v) is 9.76. The van der Waals surface area contributed by atoms with Gasteiger partial charge in [-0.25, -0.2) is 0 Å². The van der Waals surface area contributed by atoms with Gasteiger partial charge in [-0.15, -0.1) is 0 Å². The van der Waals surface area contributed by atoms with E-state index in [9.17, 15) is 0 Å². The Hall–Kier alpha value is 0.347. The summed E-state index contributed by atoms with van der Waals surface area (Å²) in [4.78, 5) is 0. The molecule has 0 aromatic carbocycles. The Morgan fingerprint density at radius 2 is 0.844 bits per heavy atom. The summed E-state index contributed by atoms with van der Waals surface area (Å²) in [6.45, 7) is 12.1. The van der Waals surface area contributed by atoms with Gasteiger partial charge in [0.15, 0.2) is 0 Å². The minimum atomic E-state index is -2.44. The van der Waals surface area contributed by atoms with E-state index in [1.165, 1.54) is 121 Å². The molecule has 4 nitrogen and oxygen atoms in total. The molecule has 0 rings (SSSR count). The average Bonchev–Trinajstić information content (AvgIpc) is 2.78. The second-order valence-electron chi connectivity index (χ2n) is 9.52. The van der Waals surface area contributed by atoms with Gasteiger partial charge in [0.25, 0.3) is 0 Å². The van der Waals surface area contributed by atoms with Gasteiger partial charge in [-0.1, -0.05) is 85.0 Å². The Morgan fingerprint density at radius 3 is 1.22 bits per heavy atom. The van der Waals surface area contributed by atoms with Gasteiger partial charge in [-0.2, -0.15) is 0 Å². The van der Waals surface area contributed by atoms with Crippen molar-refractivity contribution in [3.63, 3.8) is 0 Å². The Labute approximate surface area is 209 Å². The SMILES string of the molecule is CCCCCCCCCCCCCC[N+](CCC)(CCC)CCC[Si](OC)(OC)OC.[Cl-]. The van der Waals surface area contributed by atoms with Crippen LogP contribution in [0.15, 0.2) is 0 Å². The van der Waals surface area contributed by atoms with Crippen molar-refractivity contribution in [1.82, 2.24) is 0 Å². The van der Waals surface area contributed by atoms with Gasteiger partial charge in [-0.05, 0) is 25.7 Å². The molecule has 0 atom stereocenters. The molecule has 0 saturated carbocycles. The molecule has 6 heteroatoms. The summed E-state index contributed by atoms with van der Waals surface area (Å²) in [7, 11) is 2.74. The molecule has 196 valence electrons. The minimum Gasteiger partial charge on any atom is -1.00 e. The van der Waals surface area contributed by atoms with E-state index < -0.39 is 8.80 Å². The van der Waals surface area contributed by atoms with Crippen LogP contribution in [-0.2, 0) is 13.3 Å². The zero-order chi connectivity index (χ0) is 23.3. The lowest BCUT2D eigenvalue weighted by molar-refractivity contribution is -0.928. The first-order chi connectivity index (χ1) is 15.1. The van der Waals surface area contributed by atoms with Crippen LogP contribution in [0, 0.1) is 0 Å². The molecule has 0 spiro atoms. The summed E-state index contributed by atoms with van der Waals surface area (Å²) in [5.41, 5.74) is 0. The van der Waals surface area contributed by atoms with Gasteiger partial charge in [-0.3, -0.25) is 0 Å². The molecule has 0 saturated heterocycles. The summed E-state index contributed by atoms with van der Waals surface area (Å²) in [6, 6.07) is 0.919. The quantitative estimate of drug-likeness (QED) is 0.111. The minimum absolute atomic E-state index is 0. The van der Waals surface area contributed by atoms with Crippen LogP contribution in [0.4, 0.5) is 0 Å². The Morgan fingerprint density at radius 1 is 0.469 bits per heavy atom. The second-order valence-corrected chi connectivity index (χ2v) is 12.6. The molecule has 0 heterocycles. The third kappa shape index (κ3) is 16.1. The van der Waals surface area contributed by atoms with Crippen LogP contribution in [0.5, 0.6) is 0 Å². The normalized spacial score (nSPS) is 12.2.